The standard InChI is InChI=1S/C7H9FN4S/c8-1-2-11-7-5(6(9)13)3-10-4-12-7/h3-4H,1-2H2,(H2,9,13)(H,10,11,12). The molecule has 0 atom stereocenters. The molecule has 0 saturated carbocycles. The molecule has 4 nitrogen and oxygen atoms in total. The molecule has 0 unspecified atom stereocenters. The van der Waals surface area contributed by atoms with Gasteiger partial charge >= 0.3 is 0 Å². The fourth-order valence-corrected chi connectivity index (χ4v) is 0.966. The molecular formula is C7H9FN4S. The first kappa shape index (κ1) is 9.79. The lowest BCUT2D eigenvalue weighted by molar-refractivity contribution is 0.512. The van der Waals surface area contributed by atoms with Gasteiger partial charge < -0.3 is 11.1 Å². The maximum absolute atomic E-state index is 11.8. The number of hydrogen-bond acceptors (Lipinski definition) is 4. The van der Waals surface area contributed by atoms with Crippen molar-refractivity contribution >= 4 is 23.0 Å². The van der Waals surface area contributed by atoms with Gasteiger partial charge in [0.2, 0.25) is 0 Å². The average Bonchev–Trinajstić information content (AvgIpc) is 2.15. The summed E-state index contributed by atoms with van der Waals surface area (Å²) >= 11 is 4.76. The number of aromatic nitrogens is 2. The zero-order valence-electron chi connectivity index (χ0n) is 6.83. The number of anilines is 1. The van der Waals surface area contributed by atoms with Crippen LogP contribution in [0.1, 0.15) is 5.56 Å². The van der Waals surface area contributed by atoms with Crippen molar-refractivity contribution in [2.75, 3.05) is 18.5 Å². The molecule has 1 aromatic rings. The van der Waals surface area contributed by atoms with Gasteiger partial charge in [-0.15, -0.1) is 0 Å². The first-order chi connectivity index (χ1) is 6.25. The van der Waals surface area contributed by atoms with Crippen molar-refractivity contribution in [1.29, 1.82) is 0 Å². The van der Waals surface area contributed by atoms with Crippen LogP contribution in [0.3, 0.4) is 0 Å². The summed E-state index contributed by atoms with van der Waals surface area (Å²) in [6.45, 7) is -0.284. The molecule has 0 aromatic carbocycles. The van der Waals surface area contributed by atoms with Gasteiger partial charge in [-0.25, -0.2) is 14.4 Å². The Hall–Kier alpha value is -1.30. The number of halogens is 1. The quantitative estimate of drug-likeness (QED) is 0.693. The van der Waals surface area contributed by atoms with Gasteiger partial charge in [-0.2, -0.15) is 0 Å². The number of rotatable bonds is 4. The first-order valence-corrected chi connectivity index (χ1v) is 4.06. The molecule has 70 valence electrons. The van der Waals surface area contributed by atoms with Gasteiger partial charge in [0.1, 0.15) is 23.8 Å². The van der Waals surface area contributed by atoms with E-state index in [4.69, 9.17) is 18.0 Å². The fraction of sp³-hybridized carbons (Fsp3) is 0.286. The lowest BCUT2D eigenvalue weighted by Gasteiger charge is -2.06. The highest BCUT2D eigenvalue weighted by molar-refractivity contribution is 7.80. The van der Waals surface area contributed by atoms with Gasteiger partial charge in [-0.05, 0) is 0 Å². The minimum Gasteiger partial charge on any atom is -0.389 e. The summed E-state index contributed by atoms with van der Waals surface area (Å²) in [7, 11) is 0. The van der Waals surface area contributed by atoms with Crippen molar-refractivity contribution in [3.63, 3.8) is 0 Å². The minimum atomic E-state index is -0.471. The lowest BCUT2D eigenvalue weighted by atomic mass is 10.3. The van der Waals surface area contributed by atoms with Crippen LogP contribution in [0.4, 0.5) is 10.2 Å². The first-order valence-electron chi connectivity index (χ1n) is 3.65. The average molecular weight is 200 g/mol. The zero-order chi connectivity index (χ0) is 9.68. The van der Waals surface area contributed by atoms with Crippen LogP contribution >= 0.6 is 12.2 Å². The molecule has 0 amide bonds. The van der Waals surface area contributed by atoms with Crippen molar-refractivity contribution in [2.24, 2.45) is 5.73 Å². The third-order valence-electron chi connectivity index (χ3n) is 1.36. The summed E-state index contributed by atoms with van der Waals surface area (Å²) in [5, 5.41) is 2.75. The maximum Gasteiger partial charge on any atom is 0.139 e. The molecule has 0 aliphatic carbocycles. The molecule has 1 heterocycles. The van der Waals surface area contributed by atoms with Crippen LogP contribution in [-0.4, -0.2) is 28.2 Å². The van der Waals surface area contributed by atoms with Crippen molar-refractivity contribution in [1.82, 2.24) is 9.97 Å². The van der Waals surface area contributed by atoms with Crippen molar-refractivity contribution in [2.45, 2.75) is 0 Å². The number of nitrogens with zero attached hydrogens (tertiary/aromatic N) is 2. The summed E-state index contributed by atoms with van der Waals surface area (Å²) in [5.74, 6) is 0.472. The van der Waals surface area contributed by atoms with E-state index in [9.17, 15) is 4.39 Å². The molecule has 0 aliphatic heterocycles. The van der Waals surface area contributed by atoms with Crippen LogP contribution in [0.15, 0.2) is 12.5 Å². The molecule has 0 radical (unpaired) electrons. The third kappa shape index (κ3) is 2.59. The van der Waals surface area contributed by atoms with E-state index in [1.165, 1.54) is 12.5 Å². The number of alkyl halides is 1. The highest BCUT2D eigenvalue weighted by Crippen LogP contribution is 2.08. The van der Waals surface area contributed by atoms with E-state index in [2.05, 4.69) is 15.3 Å². The third-order valence-corrected chi connectivity index (χ3v) is 1.58. The fourth-order valence-electron chi connectivity index (χ4n) is 0.816. The van der Waals surface area contributed by atoms with Crippen LogP contribution in [0.25, 0.3) is 0 Å². The van der Waals surface area contributed by atoms with Gasteiger partial charge in [0, 0.05) is 12.7 Å². The highest BCUT2D eigenvalue weighted by Gasteiger charge is 2.04. The maximum atomic E-state index is 11.8. The van der Waals surface area contributed by atoms with Crippen molar-refractivity contribution < 1.29 is 4.39 Å². The van der Waals surface area contributed by atoms with Gasteiger partial charge in [0.05, 0.1) is 5.56 Å². The zero-order valence-corrected chi connectivity index (χ0v) is 7.64. The second-order valence-electron chi connectivity index (χ2n) is 2.27. The van der Waals surface area contributed by atoms with Gasteiger partial charge in [-0.3, -0.25) is 0 Å². The van der Waals surface area contributed by atoms with Gasteiger partial charge in [-0.1, -0.05) is 12.2 Å². The topological polar surface area (TPSA) is 63.8 Å². The molecule has 0 saturated heterocycles. The molecular weight excluding hydrogens is 191 g/mol. The Morgan fingerprint density at radius 2 is 2.46 bits per heavy atom. The second kappa shape index (κ2) is 4.66. The van der Waals surface area contributed by atoms with E-state index < -0.39 is 6.67 Å². The van der Waals surface area contributed by atoms with E-state index in [0.29, 0.717) is 11.4 Å². The summed E-state index contributed by atoms with van der Waals surface area (Å²) in [6, 6.07) is 0. The SMILES string of the molecule is NC(=S)c1cncnc1NCCF. The Morgan fingerprint density at radius 1 is 1.69 bits per heavy atom. The van der Waals surface area contributed by atoms with Crippen molar-refractivity contribution in [3.8, 4) is 0 Å². The van der Waals surface area contributed by atoms with Crippen LogP contribution in [0.2, 0.25) is 0 Å². The predicted octanol–water partition coefficient (Wildman–Crippen LogP) is 0.492. The summed E-state index contributed by atoms with van der Waals surface area (Å²) in [4.78, 5) is 7.84. The van der Waals surface area contributed by atoms with E-state index in [1.54, 1.807) is 0 Å². The Bertz CT molecular complexity index is 304. The normalized spacial score (nSPS) is 9.62. The molecule has 0 fully saturated rings. The largest absolute Gasteiger partial charge is 0.389 e. The van der Waals surface area contributed by atoms with E-state index in [-0.39, 0.29) is 11.5 Å². The van der Waals surface area contributed by atoms with Gasteiger partial charge in [0.15, 0.2) is 0 Å². The Morgan fingerprint density at radius 3 is 3.08 bits per heavy atom. The summed E-state index contributed by atoms with van der Waals surface area (Å²) in [5.41, 5.74) is 5.94. The monoisotopic (exact) mass is 200 g/mol. The second-order valence-corrected chi connectivity index (χ2v) is 2.70. The number of hydrogen-bond donors (Lipinski definition) is 2. The summed E-state index contributed by atoms with van der Waals surface area (Å²) < 4.78 is 11.8. The van der Waals surface area contributed by atoms with E-state index >= 15 is 0 Å². The Kier molecular flexibility index (Phi) is 3.51. The lowest BCUT2D eigenvalue weighted by Crippen LogP contribution is -2.15. The smallest absolute Gasteiger partial charge is 0.139 e. The molecule has 0 aliphatic rings. The molecule has 0 bridgehead atoms. The van der Waals surface area contributed by atoms with E-state index in [1.807, 2.05) is 0 Å². The van der Waals surface area contributed by atoms with Crippen LogP contribution in [-0.2, 0) is 0 Å². The van der Waals surface area contributed by atoms with Crippen LogP contribution in [0.5, 0.6) is 0 Å². The van der Waals surface area contributed by atoms with Crippen molar-refractivity contribution in [3.05, 3.63) is 18.1 Å². The predicted molar refractivity (Wildman–Crippen MR) is 52.4 cm³/mol. The number of thiocarbonyl (C=S) groups is 1. The number of nitrogens with one attached hydrogen (secondary N) is 1. The number of nitrogens with two attached hydrogens (primary N) is 1. The molecule has 3 N–H and O–H groups in total. The van der Waals surface area contributed by atoms with Crippen LogP contribution in [0, 0.1) is 0 Å². The molecule has 13 heavy (non-hydrogen) atoms. The molecule has 1 aromatic heterocycles. The highest BCUT2D eigenvalue weighted by atomic mass is 32.1. The minimum absolute atomic E-state index is 0.187. The molecule has 0 spiro atoms. The Labute approximate surface area is 80.4 Å². The Balaban J connectivity index is 2.84. The van der Waals surface area contributed by atoms with Crippen LogP contribution < -0.4 is 11.1 Å². The summed E-state index contributed by atoms with van der Waals surface area (Å²) in [6.07, 6.45) is 2.85. The molecule has 1 rings (SSSR count). The van der Waals surface area contributed by atoms with Gasteiger partial charge in [0.25, 0.3) is 0 Å². The van der Waals surface area contributed by atoms with E-state index in [0.717, 1.165) is 0 Å². The molecule has 6 heteroatoms.